The van der Waals surface area contributed by atoms with Gasteiger partial charge in [0.05, 0.1) is 0 Å². The highest BCUT2D eigenvalue weighted by atomic mass is 32.2. The first-order chi connectivity index (χ1) is 9.12. The molecule has 0 saturated carbocycles. The Labute approximate surface area is 117 Å². The molecule has 20 heavy (non-hydrogen) atoms. The molecule has 8 nitrogen and oxygen atoms in total. The summed E-state index contributed by atoms with van der Waals surface area (Å²) < 4.78 is 44.0. The Hall–Kier alpha value is -1.94. The van der Waals surface area contributed by atoms with E-state index in [1.165, 1.54) is 0 Å². The van der Waals surface area contributed by atoms with E-state index in [1.807, 2.05) is 0 Å². The standard InChI is InChI=1S/C10H14N2O6S2/c1-3-19(15,16)7-9(13)11-5-6-12-10(14)8-20(17,18)4-2/h3-6H,1-2,7-8H2,(H,11,13)(H,12,14). The Morgan fingerprint density at radius 1 is 0.800 bits per heavy atom. The Morgan fingerprint density at radius 3 is 1.35 bits per heavy atom. The van der Waals surface area contributed by atoms with Crippen molar-refractivity contribution in [3.8, 4) is 0 Å². The molecule has 2 amide bonds. The second kappa shape index (κ2) is 7.60. The lowest BCUT2D eigenvalue weighted by Crippen LogP contribution is -2.28. The highest BCUT2D eigenvalue weighted by Crippen LogP contribution is 1.90. The van der Waals surface area contributed by atoms with Crippen LogP contribution in [0.5, 0.6) is 0 Å². The normalized spacial score (nSPS) is 11.8. The molecule has 0 heterocycles. The van der Waals surface area contributed by atoms with Gasteiger partial charge in [-0.05, 0) is 0 Å². The maximum atomic E-state index is 11.1. The van der Waals surface area contributed by atoms with Gasteiger partial charge in [-0.2, -0.15) is 0 Å². The van der Waals surface area contributed by atoms with Gasteiger partial charge in [-0.1, -0.05) is 13.2 Å². The molecular weight excluding hydrogens is 308 g/mol. The van der Waals surface area contributed by atoms with Crippen LogP contribution in [0.4, 0.5) is 0 Å². The Balaban J connectivity index is 4.22. The number of hydrogen-bond donors (Lipinski definition) is 2. The number of sulfone groups is 2. The summed E-state index contributed by atoms with van der Waals surface area (Å²) in [7, 11) is -7.32. The summed E-state index contributed by atoms with van der Waals surface area (Å²) >= 11 is 0. The summed E-state index contributed by atoms with van der Waals surface area (Å²) in [4.78, 5) is 22.3. The molecule has 2 N–H and O–H groups in total. The summed E-state index contributed by atoms with van der Waals surface area (Å²) in [5.74, 6) is -3.21. The van der Waals surface area contributed by atoms with E-state index in [-0.39, 0.29) is 0 Å². The van der Waals surface area contributed by atoms with Crippen LogP contribution in [-0.4, -0.2) is 40.2 Å². The molecule has 112 valence electrons. The number of rotatable bonds is 8. The van der Waals surface area contributed by atoms with Crippen molar-refractivity contribution >= 4 is 31.5 Å². The average Bonchev–Trinajstić information content (AvgIpc) is 2.33. The van der Waals surface area contributed by atoms with E-state index in [9.17, 15) is 26.4 Å². The van der Waals surface area contributed by atoms with Crippen LogP contribution in [-0.2, 0) is 29.3 Å². The topological polar surface area (TPSA) is 126 Å². The molecule has 0 aromatic rings. The summed E-state index contributed by atoms with van der Waals surface area (Å²) in [6.45, 7) is 6.08. The zero-order valence-corrected chi connectivity index (χ0v) is 12.0. The second-order valence-corrected chi connectivity index (χ2v) is 7.31. The van der Waals surface area contributed by atoms with Crippen LogP contribution < -0.4 is 10.6 Å². The lowest BCUT2D eigenvalue weighted by molar-refractivity contribution is -0.118. The number of nitrogens with one attached hydrogen (secondary N) is 2. The van der Waals surface area contributed by atoms with Crippen LogP contribution in [0.1, 0.15) is 0 Å². The van der Waals surface area contributed by atoms with Gasteiger partial charge in [0.15, 0.2) is 19.7 Å². The van der Waals surface area contributed by atoms with Crippen molar-refractivity contribution in [2.45, 2.75) is 0 Å². The minimum atomic E-state index is -3.66. The Morgan fingerprint density at radius 2 is 1.10 bits per heavy atom. The molecule has 0 rings (SSSR count). The van der Waals surface area contributed by atoms with Gasteiger partial charge in [0, 0.05) is 23.2 Å². The maximum Gasteiger partial charge on any atom is 0.239 e. The van der Waals surface area contributed by atoms with E-state index in [2.05, 4.69) is 23.8 Å². The molecule has 0 fully saturated rings. The van der Waals surface area contributed by atoms with Crippen molar-refractivity contribution in [3.63, 3.8) is 0 Å². The molecule has 0 aliphatic carbocycles. The van der Waals surface area contributed by atoms with Gasteiger partial charge in [0.1, 0.15) is 11.5 Å². The zero-order chi connectivity index (χ0) is 15.8. The number of amides is 2. The van der Waals surface area contributed by atoms with Crippen LogP contribution in [0.2, 0.25) is 0 Å². The van der Waals surface area contributed by atoms with Gasteiger partial charge in [-0.3, -0.25) is 9.59 Å². The monoisotopic (exact) mass is 322 g/mol. The predicted octanol–water partition coefficient (Wildman–Crippen LogP) is -1.19. The second-order valence-electron chi connectivity index (χ2n) is 3.42. The van der Waals surface area contributed by atoms with E-state index < -0.39 is 43.0 Å². The van der Waals surface area contributed by atoms with Crippen molar-refractivity contribution in [1.82, 2.24) is 10.6 Å². The van der Waals surface area contributed by atoms with E-state index in [1.54, 1.807) is 0 Å². The largest absolute Gasteiger partial charge is 0.330 e. The number of hydrogen-bond acceptors (Lipinski definition) is 6. The molecule has 0 aromatic heterocycles. The SMILES string of the molecule is C=CS(=O)(=O)CC(=O)NC=CNC(=O)CS(=O)(=O)C=C. The van der Waals surface area contributed by atoms with Crippen LogP contribution in [0.15, 0.2) is 36.4 Å². The molecule has 0 spiro atoms. The van der Waals surface area contributed by atoms with Crippen molar-refractivity contribution in [2.75, 3.05) is 11.5 Å². The molecule has 0 aliphatic rings. The van der Waals surface area contributed by atoms with Gasteiger partial charge in [0.2, 0.25) is 11.8 Å². The molecule has 0 unspecified atom stereocenters. The third-order valence-corrected chi connectivity index (χ3v) is 4.09. The zero-order valence-electron chi connectivity index (χ0n) is 10.4. The summed E-state index contributed by atoms with van der Waals surface area (Å²) in [6.07, 6.45) is 1.94. The third kappa shape index (κ3) is 8.21. The maximum absolute atomic E-state index is 11.1. The van der Waals surface area contributed by atoms with Crippen LogP contribution >= 0.6 is 0 Å². The fraction of sp³-hybridized carbons (Fsp3) is 0.200. The third-order valence-electron chi connectivity index (χ3n) is 1.74. The highest BCUT2D eigenvalue weighted by molar-refractivity contribution is 7.95. The van der Waals surface area contributed by atoms with Gasteiger partial charge >= 0.3 is 0 Å². The molecule has 0 aliphatic heterocycles. The lowest BCUT2D eigenvalue weighted by atomic mass is 10.6. The first kappa shape index (κ1) is 18.1. The number of carbonyl (C=O) groups is 2. The van der Waals surface area contributed by atoms with Crippen LogP contribution in [0.25, 0.3) is 0 Å². The molecule has 0 saturated heterocycles. The first-order valence-electron chi connectivity index (χ1n) is 5.06. The molecule has 0 atom stereocenters. The lowest BCUT2D eigenvalue weighted by Gasteiger charge is -2.00. The number of carbonyl (C=O) groups excluding carboxylic acids is 2. The minimum absolute atomic E-state index is 0.651. The van der Waals surface area contributed by atoms with Gasteiger partial charge in [-0.25, -0.2) is 16.8 Å². The fourth-order valence-corrected chi connectivity index (χ4v) is 1.97. The summed E-state index contributed by atoms with van der Waals surface area (Å²) in [6, 6.07) is 0. The molecular formula is C10H14N2O6S2. The van der Waals surface area contributed by atoms with Crippen molar-refractivity contribution in [2.24, 2.45) is 0 Å². The van der Waals surface area contributed by atoms with Crippen LogP contribution in [0, 0.1) is 0 Å². The summed E-state index contributed by atoms with van der Waals surface area (Å²) in [5, 5.41) is 5.45. The molecule has 0 aromatic carbocycles. The first-order valence-corrected chi connectivity index (χ1v) is 8.49. The van der Waals surface area contributed by atoms with E-state index in [0.717, 1.165) is 12.4 Å². The van der Waals surface area contributed by atoms with Crippen molar-refractivity contribution in [3.05, 3.63) is 36.4 Å². The van der Waals surface area contributed by atoms with Crippen LogP contribution in [0.3, 0.4) is 0 Å². The fourth-order valence-electron chi connectivity index (χ4n) is 0.836. The van der Waals surface area contributed by atoms with E-state index in [4.69, 9.17) is 0 Å². The molecule has 0 radical (unpaired) electrons. The predicted molar refractivity (Wildman–Crippen MR) is 73.4 cm³/mol. The highest BCUT2D eigenvalue weighted by Gasteiger charge is 2.12. The Kier molecular flexibility index (Phi) is 6.86. The Bertz CT molecular complexity index is 575. The van der Waals surface area contributed by atoms with Gasteiger partial charge in [0.25, 0.3) is 0 Å². The molecule has 10 heteroatoms. The quantitative estimate of drug-likeness (QED) is 0.578. The molecule has 0 bridgehead atoms. The van der Waals surface area contributed by atoms with Crippen molar-refractivity contribution in [1.29, 1.82) is 0 Å². The van der Waals surface area contributed by atoms with E-state index in [0.29, 0.717) is 10.8 Å². The summed E-state index contributed by atoms with van der Waals surface area (Å²) in [5.41, 5.74) is 0. The van der Waals surface area contributed by atoms with E-state index >= 15 is 0 Å². The van der Waals surface area contributed by atoms with Gasteiger partial charge < -0.3 is 10.6 Å². The van der Waals surface area contributed by atoms with Gasteiger partial charge in [-0.15, -0.1) is 0 Å². The minimum Gasteiger partial charge on any atom is -0.330 e. The average molecular weight is 322 g/mol. The van der Waals surface area contributed by atoms with Crippen molar-refractivity contribution < 1.29 is 26.4 Å². The smallest absolute Gasteiger partial charge is 0.239 e.